The molecule has 24 heavy (non-hydrogen) atoms. The molecule has 0 bridgehead atoms. The number of dihydropyridines is 1. The molecule has 0 spiro atoms. The number of nitrogens with one attached hydrogen (secondary N) is 3. The van der Waals surface area contributed by atoms with E-state index in [-0.39, 0.29) is 31.2 Å². The Bertz CT molecular complexity index is 544. The van der Waals surface area contributed by atoms with Crippen molar-refractivity contribution in [2.24, 2.45) is 0 Å². The normalized spacial score (nSPS) is 26.7. The highest BCUT2D eigenvalue weighted by Crippen LogP contribution is 2.20. The topological polar surface area (TPSA) is 103 Å². The fourth-order valence-corrected chi connectivity index (χ4v) is 2.98. The number of hydrogen-bond donors (Lipinski definition) is 4. The van der Waals surface area contributed by atoms with Crippen LogP contribution >= 0.6 is 0 Å². The first-order valence-corrected chi connectivity index (χ1v) is 8.02. The minimum Gasteiger partial charge on any atom is -0.394 e. The van der Waals surface area contributed by atoms with Gasteiger partial charge in [0, 0.05) is 25.0 Å². The van der Waals surface area contributed by atoms with E-state index in [9.17, 15) is 14.7 Å². The van der Waals surface area contributed by atoms with Crippen LogP contribution in [-0.4, -0.2) is 66.3 Å². The van der Waals surface area contributed by atoms with E-state index in [0.29, 0.717) is 30.9 Å². The largest absolute Gasteiger partial charge is 0.394 e. The third kappa shape index (κ3) is 5.05. The van der Waals surface area contributed by atoms with Gasteiger partial charge in [-0.1, -0.05) is 0 Å². The molecule has 8 nitrogen and oxygen atoms in total. The molecule has 0 aromatic heterocycles. The third-order valence-electron chi connectivity index (χ3n) is 3.90. The number of carbonyl (C=O) groups is 2. The van der Waals surface area contributed by atoms with Crippen molar-refractivity contribution >= 4 is 12.3 Å². The predicted molar refractivity (Wildman–Crippen MR) is 88.6 cm³/mol. The lowest BCUT2D eigenvalue weighted by Gasteiger charge is -2.42. The minimum absolute atomic E-state index is 0.0267. The molecule has 0 aromatic rings. The second kappa shape index (κ2) is 7.78. The molecule has 2 aliphatic heterocycles. The maximum atomic E-state index is 12.3. The highest BCUT2D eigenvalue weighted by atomic mass is 16.5. The average molecular weight is 338 g/mol. The molecule has 4 N–H and O–H groups in total. The van der Waals surface area contributed by atoms with E-state index in [1.807, 2.05) is 25.7 Å². The number of rotatable bonds is 6. The van der Waals surface area contributed by atoms with Gasteiger partial charge in [0.25, 0.3) is 0 Å². The quantitative estimate of drug-likeness (QED) is 0.465. The number of aliphatic hydroxyl groups excluding tert-OH is 1. The number of aliphatic hydroxyl groups is 1. The Morgan fingerprint density at radius 1 is 1.58 bits per heavy atom. The van der Waals surface area contributed by atoms with Crippen molar-refractivity contribution in [3.05, 3.63) is 23.7 Å². The van der Waals surface area contributed by atoms with Gasteiger partial charge in [0.15, 0.2) is 0 Å². The number of amides is 2. The Morgan fingerprint density at radius 3 is 3.00 bits per heavy atom. The van der Waals surface area contributed by atoms with Crippen LogP contribution in [0.5, 0.6) is 0 Å². The summed E-state index contributed by atoms with van der Waals surface area (Å²) in [7, 11) is 0. The highest BCUT2D eigenvalue weighted by Gasteiger charge is 2.33. The van der Waals surface area contributed by atoms with Crippen molar-refractivity contribution in [3.8, 4) is 0 Å². The van der Waals surface area contributed by atoms with E-state index in [1.54, 1.807) is 12.3 Å². The Balaban J connectivity index is 1.92. The monoisotopic (exact) mass is 338 g/mol. The molecule has 0 aliphatic carbocycles. The maximum Gasteiger partial charge on any atom is 0.238 e. The van der Waals surface area contributed by atoms with Gasteiger partial charge in [-0.3, -0.25) is 14.5 Å². The Morgan fingerprint density at radius 2 is 2.33 bits per heavy atom. The first kappa shape index (κ1) is 18.4. The summed E-state index contributed by atoms with van der Waals surface area (Å²) in [5, 5.41) is 17.8. The Labute approximate surface area is 141 Å². The molecular formula is C16H26N4O4. The summed E-state index contributed by atoms with van der Waals surface area (Å²) >= 11 is 0. The zero-order valence-corrected chi connectivity index (χ0v) is 14.3. The second-order valence-corrected chi connectivity index (χ2v) is 6.75. The van der Waals surface area contributed by atoms with Gasteiger partial charge < -0.3 is 25.8 Å². The average Bonchev–Trinajstić information content (AvgIpc) is 2.49. The molecule has 1 saturated heterocycles. The van der Waals surface area contributed by atoms with Crippen LogP contribution < -0.4 is 16.0 Å². The molecular weight excluding hydrogens is 312 g/mol. The molecule has 134 valence electrons. The van der Waals surface area contributed by atoms with Crippen LogP contribution in [0.3, 0.4) is 0 Å². The molecule has 1 fully saturated rings. The van der Waals surface area contributed by atoms with Crippen molar-refractivity contribution in [3.63, 3.8) is 0 Å². The minimum atomic E-state index is -0.409. The molecule has 0 radical (unpaired) electrons. The first-order chi connectivity index (χ1) is 11.3. The first-order valence-electron chi connectivity index (χ1n) is 8.02. The standard InChI is InChI=1S/C16H26N4O4/c1-11-14(18-10-22)4-12(5-17-11)19-15(23)7-20-6-13(8-21)24-16(2,3)9-20/h4-5,10-11,13,17,21H,6-9H2,1-3H3,(H,18,22)(H,19,23). The fourth-order valence-electron chi connectivity index (χ4n) is 2.98. The van der Waals surface area contributed by atoms with Gasteiger partial charge in [0.2, 0.25) is 12.3 Å². The summed E-state index contributed by atoms with van der Waals surface area (Å²) in [5.41, 5.74) is 0.873. The van der Waals surface area contributed by atoms with E-state index in [4.69, 9.17) is 4.74 Å². The maximum absolute atomic E-state index is 12.3. The molecule has 0 aromatic carbocycles. The fraction of sp³-hybridized carbons (Fsp3) is 0.625. The van der Waals surface area contributed by atoms with Crippen LogP contribution in [0.2, 0.25) is 0 Å². The summed E-state index contributed by atoms with van der Waals surface area (Å²) < 4.78 is 5.74. The van der Waals surface area contributed by atoms with Crippen LogP contribution in [0.1, 0.15) is 20.8 Å². The number of ether oxygens (including phenoxy) is 1. The summed E-state index contributed by atoms with van der Waals surface area (Å²) in [6, 6.07) is -0.0267. The molecule has 2 unspecified atom stereocenters. The lowest BCUT2D eigenvalue weighted by molar-refractivity contribution is -0.152. The number of morpholine rings is 1. The van der Waals surface area contributed by atoms with Crippen molar-refractivity contribution in [2.75, 3.05) is 26.2 Å². The van der Waals surface area contributed by atoms with Gasteiger partial charge in [-0.2, -0.15) is 0 Å². The summed E-state index contributed by atoms with van der Waals surface area (Å²) in [6.45, 7) is 7.04. The van der Waals surface area contributed by atoms with Crippen LogP contribution in [-0.2, 0) is 14.3 Å². The van der Waals surface area contributed by atoms with Crippen LogP contribution in [0, 0.1) is 0 Å². The van der Waals surface area contributed by atoms with E-state index in [2.05, 4.69) is 16.0 Å². The Kier molecular flexibility index (Phi) is 5.98. The van der Waals surface area contributed by atoms with E-state index < -0.39 is 5.60 Å². The van der Waals surface area contributed by atoms with Gasteiger partial charge in [-0.05, 0) is 26.8 Å². The summed E-state index contributed by atoms with van der Waals surface area (Å²) in [5.74, 6) is -0.159. The highest BCUT2D eigenvalue weighted by molar-refractivity contribution is 5.80. The molecule has 2 amide bonds. The van der Waals surface area contributed by atoms with E-state index >= 15 is 0 Å². The smallest absolute Gasteiger partial charge is 0.238 e. The molecule has 2 heterocycles. The molecule has 2 rings (SSSR count). The van der Waals surface area contributed by atoms with Crippen LogP contribution in [0.25, 0.3) is 0 Å². The van der Waals surface area contributed by atoms with Crippen molar-refractivity contribution in [2.45, 2.75) is 38.5 Å². The number of nitrogens with zero attached hydrogens (tertiary/aromatic N) is 1. The Hall–Kier alpha value is -1.90. The van der Waals surface area contributed by atoms with Crippen LogP contribution in [0.4, 0.5) is 0 Å². The zero-order chi connectivity index (χ0) is 17.7. The zero-order valence-electron chi connectivity index (χ0n) is 14.3. The number of carbonyl (C=O) groups excluding carboxylic acids is 2. The van der Waals surface area contributed by atoms with Crippen LogP contribution in [0.15, 0.2) is 23.7 Å². The van der Waals surface area contributed by atoms with Crippen molar-refractivity contribution in [1.82, 2.24) is 20.9 Å². The third-order valence-corrected chi connectivity index (χ3v) is 3.90. The van der Waals surface area contributed by atoms with Gasteiger partial charge in [0.05, 0.1) is 36.6 Å². The van der Waals surface area contributed by atoms with E-state index in [1.165, 1.54) is 0 Å². The lowest BCUT2D eigenvalue weighted by Crippen LogP contribution is -2.55. The second-order valence-electron chi connectivity index (χ2n) is 6.75. The van der Waals surface area contributed by atoms with Gasteiger partial charge in [0.1, 0.15) is 0 Å². The number of allylic oxidation sites excluding steroid dienone is 1. The van der Waals surface area contributed by atoms with Crippen molar-refractivity contribution < 1.29 is 19.4 Å². The SMILES string of the molecule is CC1NC=C(NC(=O)CN2CC(CO)OC(C)(C)C2)C=C1NC=O. The molecule has 2 aliphatic rings. The predicted octanol–water partition coefficient (Wildman–Crippen LogP) is -0.963. The van der Waals surface area contributed by atoms with E-state index in [0.717, 1.165) is 0 Å². The van der Waals surface area contributed by atoms with Gasteiger partial charge >= 0.3 is 0 Å². The summed E-state index contributed by atoms with van der Waals surface area (Å²) in [4.78, 5) is 24.9. The van der Waals surface area contributed by atoms with Gasteiger partial charge in [-0.25, -0.2) is 0 Å². The molecule has 0 saturated carbocycles. The molecule has 8 heteroatoms. The number of hydrogen-bond acceptors (Lipinski definition) is 6. The van der Waals surface area contributed by atoms with Gasteiger partial charge in [-0.15, -0.1) is 0 Å². The lowest BCUT2D eigenvalue weighted by atomic mass is 10.1. The summed E-state index contributed by atoms with van der Waals surface area (Å²) in [6.07, 6.45) is 3.76. The molecule has 2 atom stereocenters. The van der Waals surface area contributed by atoms with Crippen molar-refractivity contribution in [1.29, 1.82) is 0 Å².